The molecule has 0 fully saturated rings. The fourth-order valence-electron chi connectivity index (χ4n) is 3.15. The molecule has 0 atom stereocenters. The van der Waals surface area contributed by atoms with Crippen molar-refractivity contribution in [2.24, 2.45) is 0 Å². The number of carbonyl (C=O) groups excluding carboxylic acids is 2. The average Bonchev–Trinajstić information content (AvgIpc) is 3.14. The molecule has 4 rings (SSSR count). The lowest BCUT2D eigenvalue weighted by molar-refractivity contribution is 0.0992. The maximum Gasteiger partial charge on any atom is 0.295 e. The topological polar surface area (TPSA) is 80.6 Å². The number of amides is 2. The van der Waals surface area contributed by atoms with Crippen LogP contribution in [0.3, 0.4) is 0 Å². The van der Waals surface area contributed by atoms with E-state index < -0.39 is 17.6 Å². The van der Waals surface area contributed by atoms with Crippen LogP contribution in [-0.4, -0.2) is 18.9 Å². The van der Waals surface area contributed by atoms with Crippen molar-refractivity contribution in [3.8, 4) is 5.75 Å². The minimum absolute atomic E-state index is 0.0189. The summed E-state index contributed by atoms with van der Waals surface area (Å²) in [5, 5.41) is 6.00. The molecule has 31 heavy (non-hydrogen) atoms. The maximum absolute atomic E-state index is 13.8. The number of para-hydroxylation sites is 1. The molecule has 2 amide bonds. The van der Waals surface area contributed by atoms with Gasteiger partial charge in [0.05, 0.1) is 12.5 Å². The lowest BCUT2D eigenvalue weighted by Crippen LogP contribution is -2.12. The number of hydrogen-bond acceptors (Lipinski definition) is 4. The van der Waals surface area contributed by atoms with Crippen LogP contribution in [-0.2, 0) is 0 Å². The molecule has 7 heteroatoms. The van der Waals surface area contributed by atoms with Gasteiger partial charge in [0.25, 0.3) is 11.8 Å². The first-order chi connectivity index (χ1) is 15.0. The van der Waals surface area contributed by atoms with E-state index in [0.717, 1.165) is 0 Å². The third-order valence-corrected chi connectivity index (χ3v) is 4.78. The number of rotatable bonds is 5. The Balaban J connectivity index is 1.62. The Bertz CT molecular complexity index is 1280. The van der Waals surface area contributed by atoms with Crippen LogP contribution < -0.4 is 15.4 Å². The Kier molecular flexibility index (Phi) is 5.41. The van der Waals surface area contributed by atoms with Gasteiger partial charge in [0.15, 0.2) is 5.75 Å². The molecule has 156 valence electrons. The quantitative estimate of drug-likeness (QED) is 0.455. The molecule has 2 N–H and O–H groups in total. The van der Waals surface area contributed by atoms with Gasteiger partial charge in [0, 0.05) is 16.9 Å². The minimum atomic E-state index is -0.458. The van der Waals surface area contributed by atoms with Crippen molar-refractivity contribution in [2.75, 3.05) is 17.7 Å². The Labute approximate surface area is 177 Å². The van der Waals surface area contributed by atoms with Gasteiger partial charge in [0.2, 0.25) is 5.76 Å². The SMILES string of the molecule is COc1c(C(=O)Nc2ccccc2)oc2ccc(NC(=O)c3ccc(C)c(F)c3)cc12. The third kappa shape index (κ3) is 4.11. The van der Waals surface area contributed by atoms with Gasteiger partial charge < -0.3 is 19.8 Å². The highest BCUT2D eigenvalue weighted by Gasteiger charge is 2.22. The molecule has 3 aromatic carbocycles. The van der Waals surface area contributed by atoms with Gasteiger partial charge in [0.1, 0.15) is 11.4 Å². The Morgan fingerprint density at radius 2 is 1.65 bits per heavy atom. The monoisotopic (exact) mass is 418 g/mol. The molecule has 4 aromatic rings. The van der Waals surface area contributed by atoms with E-state index in [9.17, 15) is 14.0 Å². The zero-order valence-electron chi connectivity index (χ0n) is 16.9. The molecule has 0 aliphatic carbocycles. The van der Waals surface area contributed by atoms with Crippen molar-refractivity contribution in [1.82, 2.24) is 0 Å². The number of hydrogen-bond donors (Lipinski definition) is 2. The smallest absolute Gasteiger partial charge is 0.295 e. The number of fused-ring (bicyclic) bond motifs is 1. The Hall–Kier alpha value is -4.13. The van der Waals surface area contributed by atoms with Crippen molar-refractivity contribution in [2.45, 2.75) is 6.92 Å². The molecule has 0 saturated heterocycles. The number of anilines is 2. The molecule has 1 aromatic heterocycles. The highest BCUT2D eigenvalue weighted by molar-refractivity contribution is 6.09. The number of methoxy groups -OCH3 is 1. The molecule has 0 bridgehead atoms. The first kappa shape index (κ1) is 20.2. The zero-order chi connectivity index (χ0) is 22.0. The zero-order valence-corrected chi connectivity index (χ0v) is 16.9. The number of aryl methyl sites for hydroxylation is 1. The average molecular weight is 418 g/mol. The Morgan fingerprint density at radius 3 is 2.35 bits per heavy atom. The molecule has 1 heterocycles. The minimum Gasteiger partial charge on any atom is -0.492 e. The first-order valence-electron chi connectivity index (χ1n) is 9.50. The predicted molar refractivity (Wildman–Crippen MR) is 116 cm³/mol. The van der Waals surface area contributed by atoms with E-state index in [-0.39, 0.29) is 17.1 Å². The van der Waals surface area contributed by atoms with Crippen molar-refractivity contribution >= 4 is 34.2 Å². The molecule has 0 unspecified atom stereocenters. The number of benzene rings is 3. The van der Waals surface area contributed by atoms with Crippen LogP contribution in [0, 0.1) is 12.7 Å². The van der Waals surface area contributed by atoms with Gasteiger partial charge in [-0.2, -0.15) is 0 Å². The van der Waals surface area contributed by atoms with Crippen LogP contribution in [0.4, 0.5) is 15.8 Å². The van der Waals surface area contributed by atoms with Crippen LogP contribution in [0.5, 0.6) is 5.75 Å². The van der Waals surface area contributed by atoms with Crippen molar-refractivity contribution in [1.29, 1.82) is 0 Å². The van der Waals surface area contributed by atoms with E-state index in [2.05, 4.69) is 10.6 Å². The number of halogens is 1. The predicted octanol–water partition coefficient (Wildman–Crippen LogP) is 5.39. The van der Waals surface area contributed by atoms with Crippen LogP contribution in [0.1, 0.15) is 26.5 Å². The van der Waals surface area contributed by atoms with Gasteiger partial charge in [-0.3, -0.25) is 9.59 Å². The number of furan rings is 1. The van der Waals surface area contributed by atoms with Gasteiger partial charge >= 0.3 is 0 Å². The summed E-state index contributed by atoms with van der Waals surface area (Å²) in [6.07, 6.45) is 0. The molecule has 0 aliphatic heterocycles. The molecular formula is C24H19FN2O4. The summed E-state index contributed by atoms with van der Waals surface area (Å²) in [6.45, 7) is 1.63. The molecular weight excluding hydrogens is 399 g/mol. The lowest BCUT2D eigenvalue weighted by Gasteiger charge is -2.07. The second-order valence-corrected chi connectivity index (χ2v) is 6.91. The van der Waals surface area contributed by atoms with Gasteiger partial charge in [-0.1, -0.05) is 24.3 Å². The van der Waals surface area contributed by atoms with Crippen LogP contribution in [0.25, 0.3) is 11.0 Å². The summed E-state index contributed by atoms with van der Waals surface area (Å²) in [5.41, 5.74) is 2.16. The number of carbonyl (C=O) groups is 2. The largest absolute Gasteiger partial charge is 0.492 e. The molecule has 0 radical (unpaired) electrons. The Morgan fingerprint density at radius 1 is 0.903 bits per heavy atom. The van der Waals surface area contributed by atoms with Gasteiger partial charge in [-0.25, -0.2) is 4.39 Å². The molecule has 0 saturated carbocycles. The van der Waals surface area contributed by atoms with E-state index >= 15 is 0 Å². The van der Waals surface area contributed by atoms with Crippen LogP contribution >= 0.6 is 0 Å². The van der Waals surface area contributed by atoms with Crippen molar-refractivity contribution < 1.29 is 23.1 Å². The standard InChI is InChI=1S/C24H19FN2O4/c1-14-8-9-15(12-19(14)25)23(28)27-17-10-11-20-18(13-17)21(30-2)22(31-20)24(29)26-16-6-4-3-5-7-16/h3-13H,1-2H3,(H,26,29)(H,27,28). The summed E-state index contributed by atoms with van der Waals surface area (Å²) in [5.74, 6) is -1.09. The molecule has 0 aliphatic rings. The number of ether oxygens (including phenoxy) is 1. The van der Waals surface area contributed by atoms with E-state index in [1.807, 2.05) is 6.07 Å². The highest BCUT2D eigenvalue weighted by atomic mass is 19.1. The number of nitrogens with one attached hydrogen (secondary N) is 2. The highest BCUT2D eigenvalue weighted by Crippen LogP contribution is 2.35. The summed E-state index contributed by atoms with van der Waals surface area (Å²) < 4.78 is 24.9. The second-order valence-electron chi connectivity index (χ2n) is 6.91. The maximum atomic E-state index is 13.8. The second kappa shape index (κ2) is 8.31. The summed E-state index contributed by atoms with van der Waals surface area (Å²) in [6, 6.07) is 18.2. The van der Waals surface area contributed by atoms with Crippen molar-refractivity contribution in [3.05, 3.63) is 89.4 Å². The summed E-state index contributed by atoms with van der Waals surface area (Å²) >= 11 is 0. The molecule has 6 nitrogen and oxygen atoms in total. The lowest BCUT2D eigenvalue weighted by atomic mass is 10.1. The third-order valence-electron chi connectivity index (χ3n) is 4.78. The van der Waals surface area contributed by atoms with E-state index in [1.54, 1.807) is 61.5 Å². The van der Waals surface area contributed by atoms with E-state index in [1.165, 1.54) is 13.2 Å². The van der Waals surface area contributed by atoms with E-state index in [4.69, 9.17) is 9.15 Å². The van der Waals surface area contributed by atoms with Crippen LogP contribution in [0.2, 0.25) is 0 Å². The first-order valence-corrected chi connectivity index (χ1v) is 9.50. The van der Waals surface area contributed by atoms with Crippen molar-refractivity contribution in [3.63, 3.8) is 0 Å². The normalized spacial score (nSPS) is 10.7. The fourth-order valence-corrected chi connectivity index (χ4v) is 3.15. The van der Waals surface area contributed by atoms with Gasteiger partial charge in [-0.15, -0.1) is 0 Å². The summed E-state index contributed by atoms with van der Waals surface area (Å²) in [7, 11) is 1.43. The van der Waals surface area contributed by atoms with Gasteiger partial charge in [-0.05, 0) is 55.0 Å². The molecule has 0 spiro atoms. The fraction of sp³-hybridized carbons (Fsp3) is 0.0833. The summed E-state index contributed by atoms with van der Waals surface area (Å²) in [4.78, 5) is 25.2. The van der Waals surface area contributed by atoms with E-state index in [0.29, 0.717) is 27.9 Å². The van der Waals surface area contributed by atoms with Crippen LogP contribution in [0.15, 0.2) is 71.1 Å².